The van der Waals surface area contributed by atoms with E-state index in [1.54, 1.807) is 0 Å². The molecule has 0 aromatic rings. The van der Waals surface area contributed by atoms with Crippen molar-refractivity contribution in [3.05, 3.63) is 0 Å². The van der Waals surface area contributed by atoms with Gasteiger partial charge in [0.05, 0.1) is 0 Å². The first-order chi connectivity index (χ1) is 22.3. The summed E-state index contributed by atoms with van der Waals surface area (Å²) in [6.07, 6.45) is 37.3. The molecule has 0 spiro atoms. The molecule has 0 heterocycles. The molecule has 0 saturated heterocycles. The van der Waals surface area contributed by atoms with E-state index in [4.69, 9.17) is 0 Å². The van der Waals surface area contributed by atoms with Crippen molar-refractivity contribution in [3.63, 3.8) is 0 Å². The standard InChI is InChI=1S/C40H78O6.Na.H/c1-3-5-7-9-11-13-15-17-19-21-23-25-27-29-31-33-35-39(45,37(41)42)40(46,38(43)44)36-34-32-30-28-26-24-22-20-18-16-14-12-10-8-6-4-2;;/h45-46H,3-36H2,1-2H3,(H,41,42)(H,43,44);;/q;+1;-1. The molecule has 4 N–H and O–H groups in total. The number of hydrogen-bond acceptors (Lipinski definition) is 4. The first kappa shape index (κ1) is 49.0. The Bertz CT molecular complexity index is 653. The van der Waals surface area contributed by atoms with Gasteiger partial charge in [0.1, 0.15) is 0 Å². The van der Waals surface area contributed by atoms with E-state index in [-0.39, 0.29) is 43.8 Å². The van der Waals surface area contributed by atoms with Crippen molar-refractivity contribution in [1.82, 2.24) is 0 Å². The smallest absolute Gasteiger partial charge is 1.00 e. The van der Waals surface area contributed by atoms with Crippen molar-refractivity contribution < 1.29 is 61.0 Å². The summed E-state index contributed by atoms with van der Waals surface area (Å²) in [6.45, 7) is 4.51. The van der Waals surface area contributed by atoms with Crippen LogP contribution in [0.5, 0.6) is 0 Å². The normalized spacial score (nSPS) is 14.0. The van der Waals surface area contributed by atoms with E-state index in [9.17, 15) is 30.0 Å². The fraction of sp³-hybridized carbons (Fsp3) is 0.950. The van der Waals surface area contributed by atoms with Gasteiger partial charge in [-0.25, -0.2) is 9.59 Å². The van der Waals surface area contributed by atoms with Gasteiger partial charge >= 0.3 is 41.5 Å². The molecule has 0 saturated carbocycles. The third-order valence-corrected chi connectivity index (χ3v) is 10.2. The molecule has 0 aromatic heterocycles. The molecule has 6 nitrogen and oxygen atoms in total. The topological polar surface area (TPSA) is 115 Å². The van der Waals surface area contributed by atoms with E-state index in [1.165, 1.54) is 141 Å². The van der Waals surface area contributed by atoms with Gasteiger partial charge in [-0.05, 0) is 25.7 Å². The number of carbonyl (C=O) groups is 2. The molecule has 2 unspecified atom stereocenters. The van der Waals surface area contributed by atoms with Crippen LogP contribution < -0.4 is 29.6 Å². The summed E-state index contributed by atoms with van der Waals surface area (Å²) in [4.78, 5) is 24.1. The van der Waals surface area contributed by atoms with Gasteiger partial charge in [-0.1, -0.05) is 206 Å². The van der Waals surface area contributed by atoms with E-state index < -0.39 is 23.1 Å². The second-order valence-corrected chi connectivity index (χ2v) is 14.4. The number of aliphatic carboxylic acids is 2. The summed E-state index contributed by atoms with van der Waals surface area (Å²) in [5.74, 6) is -3.29. The maximum Gasteiger partial charge on any atom is 1.00 e. The Kier molecular flexibility index (Phi) is 35.8. The van der Waals surface area contributed by atoms with Gasteiger partial charge < -0.3 is 21.9 Å². The second-order valence-electron chi connectivity index (χ2n) is 14.4. The molecule has 276 valence electrons. The Morgan fingerprint density at radius 1 is 0.362 bits per heavy atom. The summed E-state index contributed by atoms with van der Waals surface area (Å²) in [5, 5.41) is 41.6. The van der Waals surface area contributed by atoms with Crippen LogP contribution in [0.2, 0.25) is 0 Å². The van der Waals surface area contributed by atoms with E-state index in [2.05, 4.69) is 13.8 Å². The van der Waals surface area contributed by atoms with E-state index in [0.29, 0.717) is 12.8 Å². The Morgan fingerprint density at radius 3 is 0.660 bits per heavy atom. The zero-order chi connectivity index (χ0) is 34.2. The summed E-state index contributed by atoms with van der Waals surface area (Å²) >= 11 is 0. The van der Waals surface area contributed by atoms with Gasteiger partial charge in [-0.15, -0.1) is 0 Å². The summed E-state index contributed by atoms with van der Waals surface area (Å²) < 4.78 is 0. The largest absolute Gasteiger partial charge is 1.00 e. The molecule has 0 bridgehead atoms. The molecule has 0 rings (SSSR count). The van der Waals surface area contributed by atoms with Crippen LogP contribution >= 0.6 is 0 Å². The minimum Gasteiger partial charge on any atom is -1.00 e. The fourth-order valence-electron chi connectivity index (χ4n) is 6.84. The number of carboxylic acid groups (broad SMARTS) is 2. The zero-order valence-electron chi connectivity index (χ0n) is 32.6. The van der Waals surface area contributed by atoms with Crippen LogP contribution in [0.4, 0.5) is 0 Å². The van der Waals surface area contributed by atoms with Crippen LogP contribution in [0, 0.1) is 0 Å². The summed E-state index contributed by atoms with van der Waals surface area (Å²) in [6, 6.07) is 0. The monoisotopic (exact) mass is 679 g/mol. The van der Waals surface area contributed by atoms with Crippen molar-refractivity contribution in [2.45, 2.75) is 243 Å². The number of unbranched alkanes of at least 4 members (excludes halogenated alkanes) is 30. The first-order valence-electron chi connectivity index (χ1n) is 20.2. The quantitative estimate of drug-likeness (QED) is 0.0385. The maximum absolute atomic E-state index is 12.1. The molecule has 0 aromatic carbocycles. The number of hydrogen-bond donors (Lipinski definition) is 4. The van der Waals surface area contributed by atoms with Crippen LogP contribution in [-0.4, -0.2) is 43.6 Å². The number of carboxylic acids is 2. The Morgan fingerprint density at radius 2 is 0.511 bits per heavy atom. The van der Waals surface area contributed by atoms with E-state index >= 15 is 0 Å². The van der Waals surface area contributed by atoms with Crippen LogP contribution in [0.15, 0.2) is 0 Å². The molecular weight excluding hydrogens is 599 g/mol. The molecule has 7 heteroatoms. The van der Waals surface area contributed by atoms with Gasteiger partial charge in [0.15, 0.2) is 0 Å². The van der Waals surface area contributed by atoms with Crippen LogP contribution in [0.3, 0.4) is 0 Å². The molecule has 0 radical (unpaired) electrons. The minimum atomic E-state index is -2.68. The Hall–Kier alpha value is -0.140. The Labute approximate surface area is 314 Å². The zero-order valence-corrected chi connectivity index (χ0v) is 33.6. The molecule has 0 aliphatic heterocycles. The van der Waals surface area contributed by atoms with Gasteiger partial charge in [0.25, 0.3) is 0 Å². The molecule has 2 atom stereocenters. The third-order valence-electron chi connectivity index (χ3n) is 10.2. The summed E-state index contributed by atoms with van der Waals surface area (Å²) in [7, 11) is 0. The molecule has 0 fully saturated rings. The third kappa shape index (κ3) is 25.5. The average molecular weight is 679 g/mol. The summed E-state index contributed by atoms with van der Waals surface area (Å²) in [5.41, 5.74) is -5.35. The van der Waals surface area contributed by atoms with Crippen LogP contribution in [0.25, 0.3) is 0 Å². The molecule has 0 amide bonds. The van der Waals surface area contributed by atoms with Crippen molar-refractivity contribution in [1.29, 1.82) is 0 Å². The van der Waals surface area contributed by atoms with Crippen molar-refractivity contribution >= 4 is 11.9 Å². The van der Waals surface area contributed by atoms with Gasteiger partial charge in [-0.2, -0.15) is 0 Å². The molecule has 47 heavy (non-hydrogen) atoms. The maximum atomic E-state index is 12.1. The number of rotatable bonds is 37. The van der Waals surface area contributed by atoms with Crippen molar-refractivity contribution in [2.24, 2.45) is 0 Å². The predicted octanol–water partition coefficient (Wildman–Crippen LogP) is 9.04. The second kappa shape index (κ2) is 34.3. The molecule has 0 aliphatic rings. The predicted molar refractivity (Wildman–Crippen MR) is 195 cm³/mol. The molecular formula is C40H79NaO6. The Balaban J connectivity index is -0.0000101. The number of aliphatic hydroxyl groups is 2. The first-order valence-corrected chi connectivity index (χ1v) is 20.2. The van der Waals surface area contributed by atoms with Gasteiger partial charge in [0.2, 0.25) is 11.2 Å². The van der Waals surface area contributed by atoms with Crippen LogP contribution in [0.1, 0.15) is 234 Å². The SMILES string of the molecule is CCCCCCCCCCCCCCCCCCC(O)(C(=O)O)C(O)(CCCCCCCCCCCCCCCCCC)C(=O)O.[H-].[Na+]. The average Bonchev–Trinajstić information content (AvgIpc) is 3.03. The van der Waals surface area contributed by atoms with Crippen LogP contribution in [-0.2, 0) is 9.59 Å². The van der Waals surface area contributed by atoms with Crippen molar-refractivity contribution in [3.8, 4) is 0 Å². The molecule has 0 aliphatic carbocycles. The minimum absolute atomic E-state index is 0. The fourth-order valence-corrected chi connectivity index (χ4v) is 6.84. The van der Waals surface area contributed by atoms with Crippen molar-refractivity contribution in [2.75, 3.05) is 0 Å². The van der Waals surface area contributed by atoms with E-state index in [1.807, 2.05) is 0 Å². The van der Waals surface area contributed by atoms with Gasteiger partial charge in [-0.3, -0.25) is 0 Å². The van der Waals surface area contributed by atoms with E-state index in [0.717, 1.165) is 51.4 Å². The van der Waals surface area contributed by atoms with Gasteiger partial charge in [0, 0.05) is 0 Å².